The fraction of sp³-hybridized carbons (Fsp3) is 0.727. The first-order valence-electron chi connectivity index (χ1n) is 5.10. The highest BCUT2D eigenvalue weighted by Gasteiger charge is 2.45. The minimum absolute atomic E-state index is 0.0648. The third kappa shape index (κ3) is 2.41. The van der Waals surface area contributed by atoms with Crippen LogP contribution in [0.2, 0.25) is 0 Å². The average Bonchev–Trinajstić information content (AvgIpc) is 2.52. The average molecular weight is 180 g/mol. The number of ketones is 1. The number of hydrogen-bond acceptors (Lipinski definition) is 2. The summed E-state index contributed by atoms with van der Waals surface area (Å²) < 4.78 is 0. The Labute approximate surface area is 78.6 Å². The van der Waals surface area contributed by atoms with Gasteiger partial charge in [-0.1, -0.05) is 12.2 Å². The lowest BCUT2D eigenvalue weighted by atomic mass is 10.2. The van der Waals surface area contributed by atoms with Crippen LogP contribution in [0.25, 0.3) is 0 Å². The van der Waals surface area contributed by atoms with Gasteiger partial charge in [-0.3, -0.25) is 4.79 Å². The lowest BCUT2D eigenvalue weighted by Crippen LogP contribution is -1.95. The van der Waals surface area contributed by atoms with Crippen LogP contribution in [0.5, 0.6) is 0 Å². The zero-order valence-electron chi connectivity index (χ0n) is 7.78. The fourth-order valence-electron chi connectivity index (χ4n) is 2.08. The Morgan fingerprint density at radius 1 is 1.15 bits per heavy atom. The van der Waals surface area contributed by atoms with Crippen LogP contribution in [0, 0.1) is 11.8 Å². The topological polar surface area (TPSA) is 37.3 Å². The van der Waals surface area contributed by atoms with Gasteiger partial charge >= 0.3 is 0 Å². The maximum atomic E-state index is 10.5. The predicted octanol–water partition coefficient (Wildman–Crippen LogP) is 1.68. The van der Waals surface area contributed by atoms with Crippen LogP contribution >= 0.6 is 0 Å². The molecule has 0 saturated heterocycles. The summed E-state index contributed by atoms with van der Waals surface area (Å²) in [5.74, 6) is 2.18. The highest BCUT2D eigenvalue weighted by molar-refractivity contribution is 5.82. The molecule has 3 aliphatic rings. The van der Waals surface area contributed by atoms with Gasteiger partial charge in [0.05, 0.1) is 6.10 Å². The van der Waals surface area contributed by atoms with E-state index in [2.05, 4.69) is 0 Å². The summed E-state index contributed by atoms with van der Waals surface area (Å²) >= 11 is 0. The molecule has 0 bridgehead atoms. The predicted molar refractivity (Wildman–Crippen MR) is 50.2 cm³/mol. The molecule has 13 heavy (non-hydrogen) atoms. The van der Waals surface area contributed by atoms with Gasteiger partial charge in [0.15, 0.2) is 0 Å². The van der Waals surface area contributed by atoms with Gasteiger partial charge in [-0.15, -0.1) is 0 Å². The number of carbonyl (C=O) groups is 1. The quantitative estimate of drug-likeness (QED) is 0.576. The van der Waals surface area contributed by atoms with Crippen molar-refractivity contribution < 1.29 is 9.90 Å². The number of hydrogen-bond donors (Lipinski definition) is 1. The number of aliphatic hydroxyl groups is 1. The van der Waals surface area contributed by atoms with E-state index < -0.39 is 0 Å². The summed E-state index contributed by atoms with van der Waals surface area (Å²) in [7, 11) is 0. The molecule has 2 saturated carbocycles. The first-order chi connectivity index (χ1) is 6.25. The molecule has 0 unspecified atom stereocenters. The van der Waals surface area contributed by atoms with E-state index in [-0.39, 0.29) is 6.10 Å². The lowest BCUT2D eigenvalue weighted by molar-refractivity contribution is -0.118. The molecule has 0 aromatic rings. The van der Waals surface area contributed by atoms with Crippen molar-refractivity contribution in [1.29, 1.82) is 0 Å². The van der Waals surface area contributed by atoms with Gasteiger partial charge in [0.1, 0.15) is 5.78 Å². The summed E-state index contributed by atoms with van der Waals surface area (Å²) in [5, 5.41) is 8.67. The van der Waals surface area contributed by atoms with Crippen LogP contribution in [0.15, 0.2) is 12.2 Å². The molecule has 2 nitrogen and oxygen atoms in total. The second-order valence-corrected chi connectivity index (χ2v) is 4.30. The van der Waals surface area contributed by atoms with Crippen molar-refractivity contribution in [3.63, 3.8) is 0 Å². The highest BCUT2D eigenvalue weighted by Crippen LogP contribution is 2.49. The molecular weight excluding hydrogens is 164 g/mol. The lowest BCUT2D eigenvalue weighted by Gasteiger charge is -1.92. The van der Waals surface area contributed by atoms with Crippen molar-refractivity contribution in [2.45, 2.75) is 38.2 Å². The molecule has 1 N–H and O–H groups in total. The van der Waals surface area contributed by atoms with E-state index in [4.69, 9.17) is 5.11 Å². The van der Waals surface area contributed by atoms with Gasteiger partial charge in [-0.2, -0.15) is 0 Å². The van der Waals surface area contributed by atoms with E-state index in [1.54, 1.807) is 0 Å². The van der Waals surface area contributed by atoms with Crippen molar-refractivity contribution in [2.75, 3.05) is 0 Å². The Balaban J connectivity index is 0.000000102. The molecule has 72 valence electrons. The van der Waals surface area contributed by atoms with E-state index in [9.17, 15) is 4.79 Å². The molecule has 0 aliphatic heterocycles. The molecule has 2 atom stereocenters. The van der Waals surface area contributed by atoms with Crippen molar-refractivity contribution >= 4 is 5.78 Å². The van der Waals surface area contributed by atoms with Crippen molar-refractivity contribution in [2.24, 2.45) is 11.8 Å². The first-order valence-corrected chi connectivity index (χ1v) is 5.10. The second kappa shape index (κ2) is 3.62. The van der Waals surface area contributed by atoms with E-state index in [0.717, 1.165) is 37.5 Å². The van der Waals surface area contributed by atoms with E-state index in [1.165, 1.54) is 6.42 Å². The maximum Gasteiger partial charge on any atom is 0.133 e. The van der Waals surface area contributed by atoms with Gasteiger partial charge in [-0.05, 0) is 31.1 Å². The van der Waals surface area contributed by atoms with Crippen molar-refractivity contribution in [3.8, 4) is 0 Å². The number of aliphatic hydroxyl groups excluding tert-OH is 1. The molecule has 0 aromatic carbocycles. The van der Waals surface area contributed by atoms with E-state index >= 15 is 0 Å². The normalized spacial score (nSPS) is 35.6. The van der Waals surface area contributed by atoms with Crippen molar-refractivity contribution in [1.82, 2.24) is 0 Å². The number of fused-ring (bicyclic) bond motifs is 1. The van der Waals surface area contributed by atoms with Crippen LogP contribution < -0.4 is 0 Å². The standard InChI is InChI=1S/C6H8O.C5H8O/c7-6-2-4-1-5(4)3-6;6-5-3-1-2-4-5/h4-5H,1-3H2;1-2,5-6H,3-4H2/t4-,5+;. The van der Waals surface area contributed by atoms with Crippen LogP contribution in [0.3, 0.4) is 0 Å². The van der Waals surface area contributed by atoms with Gasteiger partial charge in [0, 0.05) is 12.8 Å². The third-order valence-electron chi connectivity index (χ3n) is 3.03. The fourth-order valence-corrected chi connectivity index (χ4v) is 2.08. The second-order valence-electron chi connectivity index (χ2n) is 4.30. The summed E-state index contributed by atoms with van der Waals surface area (Å²) in [6.45, 7) is 0. The molecule has 0 amide bonds. The Kier molecular flexibility index (Phi) is 2.49. The molecule has 2 heteroatoms. The highest BCUT2D eigenvalue weighted by atomic mass is 16.3. The van der Waals surface area contributed by atoms with Crippen LogP contribution in [-0.4, -0.2) is 17.0 Å². The van der Waals surface area contributed by atoms with Gasteiger partial charge < -0.3 is 5.11 Å². The third-order valence-corrected chi connectivity index (χ3v) is 3.03. The van der Waals surface area contributed by atoms with Gasteiger partial charge in [0.25, 0.3) is 0 Å². The number of carbonyl (C=O) groups excluding carboxylic acids is 1. The zero-order chi connectivity index (χ0) is 9.26. The van der Waals surface area contributed by atoms with Crippen LogP contribution in [0.1, 0.15) is 32.1 Å². The Morgan fingerprint density at radius 2 is 1.69 bits per heavy atom. The smallest absolute Gasteiger partial charge is 0.133 e. The minimum atomic E-state index is -0.0648. The SMILES string of the molecule is O=C1C[C@@H]2C[C@@H]2C1.OC1CC=CC1. The Morgan fingerprint density at radius 3 is 1.92 bits per heavy atom. The molecule has 0 heterocycles. The molecule has 3 aliphatic carbocycles. The molecule has 0 radical (unpaired) electrons. The van der Waals surface area contributed by atoms with Crippen LogP contribution in [0.4, 0.5) is 0 Å². The summed E-state index contributed by atoms with van der Waals surface area (Å²) in [4.78, 5) is 10.5. The summed E-state index contributed by atoms with van der Waals surface area (Å²) in [6, 6.07) is 0. The minimum Gasteiger partial charge on any atom is -0.392 e. The monoisotopic (exact) mass is 180 g/mol. The van der Waals surface area contributed by atoms with Gasteiger partial charge in [-0.25, -0.2) is 0 Å². The molecular formula is C11H16O2. The molecule has 0 aromatic heterocycles. The van der Waals surface area contributed by atoms with E-state index in [1.807, 2.05) is 12.2 Å². The Hall–Kier alpha value is -0.630. The maximum absolute atomic E-state index is 10.5. The number of Topliss-reactive ketones (excluding diaryl/α,β-unsaturated/α-hetero) is 1. The Bertz CT molecular complexity index is 212. The van der Waals surface area contributed by atoms with Gasteiger partial charge in [0.2, 0.25) is 0 Å². The summed E-state index contributed by atoms with van der Waals surface area (Å²) in [5.41, 5.74) is 0. The largest absolute Gasteiger partial charge is 0.392 e. The zero-order valence-corrected chi connectivity index (χ0v) is 7.78. The molecule has 3 rings (SSSR count). The van der Waals surface area contributed by atoms with Crippen LogP contribution in [-0.2, 0) is 4.79 Å². The molecule has 0 spiro atoms. The van der Waals surface area contributed by atoms with E-state index in [0.29, 0.717) is 5.78 Å². The van der Waals surface area contributed by atoms with Crippen molar-refractivity contribution in [3.05, 3.63) is 12.2 Å². The summed E-state index contributed by atoms with van der Waals surface area (Å²) in [6.07, 6.45) is 8.83. The number of rotatable bonds is 0. The first kappa shape index (κ1) is 8.95. The molecule has 2 fully saturated rings.